The summed E-state index contributed by atoms with van der Waals surface area (Å²) in [5.74, 6) is 0.0282. The molecule has 23 heavy (non-hydrogen) atoms. The predicted octanol–water partition coefficient (Wildman–Crippen LogP) is 2.46. The molecular weight excluding hydrogens is 312 g/mol. The number of rotatable bonds is 3. The fourth-order valence-electron chi connectivity index (χ4n) is 2.56. The van der Waals surface area contributed by atoms with Crippen LogP contribution in [-0.2, 0) is 16.4 Å². The number of nitrogens with one attached hydrogen (secondary N) is 1. The van der Waals surface area contributed by atoms with E-state index in [1.165, 1.54) is 12.1 Å². The van der Waals surface area contributed by atoms with Gasteiger partial charge in [-0.3, -0.25) is 4.79 Å². The maximum atomic E-state index is 12.4. The second-order valence-corrected chi connectivity index (χ2v) is 6.93. The lowest BCUT2D eigenvalue weighted by atomic mass is 9.87. The normalized spacial score (nSPS) is 16.2. The topological polar surface area (TPSA) is 89.3 Å². The van der Waals surface area contributed by atoms with Gasteiger partial charge in [0.25, 0.3) is 0 Å². The molecule has 1 aliphatic carbocycles. The van der Waals surface area contributed by atoms with Gasteiger partial charge in [-0.05, 0) is 42.7 Å². The Bertz CT molecular complexity index is 884. The molecule has 0 amide bonds. The largest absolute Gasteiger partial charge is 0.361 e. The van der Waals surface area contributed by atoms with Crippen molar-refractivity contribution < 1.29 is 13.2 Å². The monoisotopic (exact) mass is 328 g/mol. The zero-order valence-electron chi connectivity index (χ0n) is 12.3. The van der Waals surface area contributed by atoms with Gasteiger partial charge in [0.05, 0.1) is 4.90 Å². The van der Waals surface area contributed by atoms with Crippen LogP contribution in [0.5, 0.6) is 0 Å². The van der Waals surface area contributed by atoms with E-state index in [0.717, 1.165) is 17.5 Å². The van der Waals surface area contributed by atoms with Crippen molar-refractivity contribution in [1.29, 1.82) is 0 Å². The minimum Gasteiger partial charge on any atom is -0.361 e. The van der Waals surface area contributed by atoms with Crippen LogP contribution in [0.4, 0.5) is 5.69 Å². The number of ketones is 1. The molecule has 0 aliphatic heterocycles. The van der Waals surface area contributed by atoms with E-state index < -0.39 is 10.0 Å². The van der Waals surface area contributed by atoms with Crippen LogP contribution in [0, 0.1) is 0 Å². The molecule has 0 bridgehead atoms. The quantitative estimate of drug-likeness (QED) is 0.847. The van der Waals surface area contributed by atoms with Gasteiger partial charge >= 0.3 is 0 Å². The fourth-order valence-corrected chi connectivity index (χ4v) is 3.08. The van der Waals surface area contributed by atoms with Crippen LogP contribution in [-0.4, -0.2) is 14.2 Å². The Labute approximate surface area is 134 Å². The molecule has 0 heterocycles. The Morgan fingerprint density at radius 1 is 1.00 bits per heavy atom. The van der Waals surface area contributed by atoms with Gasteiger partial charge in [0.2, 0.25) is 10.0 Å². The lowest BCUT2D eigenvalue weighted by molar-refractivity contribution is 0.102. The third-order valence-corrected chi connectivity index (χ3v) is 4.74. The van der Waals surface area contributed by atoms with Crippen LogP contribution in [0.25, 0.3) is 0 Å². The van der Waals surface area contributed by atoms with Crippen LogP contribution in [0.3, 0.4) is 0 Å². The first kappa shape index (κ1) is 15.5. The van der Waals surface area contributed by atoms with Crippen molar-refractivity contribution in [3.8, 4) is 0 Å². The number of allylic oxidation sites excluding steroid dienone is 1. The summed E-state index contributed by atoms with van der Waals surface area (Å²) in [6.45, 7) is 0. The van der Waals surface area contributed by atoms with E-state index in [9.17, 15) is 13.2 Å². The molecular formula is C17H16N2O3S. The highest BCUT2D eigenvalue weighted by atomic mass is 32.2. The highest BCUT2D eigenvalue weighted by Gasteiger charge is 2.21. The van der Waals surface area contributed by atoms with Crippen molar-refractivity contribution >= 4 is 21.5 Å². The number of anilines is 1. The summed E-state index contributed by atoms with van der Waals surface area (Å²) in [5.41, 5.74) is 3.22. The molecule has 0 aromatic heterocycles. The summed E-state index contributed by atoms with van der Waals surface area (Å²) >= 11 is 0. The van der Waals surface area contributed by atoms with E-state index in [0.29, 0.717) is 17.7 Å². The standard InChI is InChI=1S/C17H16N2O3S/c18-23(21,22)15-9-7-14(8-10-15)19-11-13-6-5-12-3-1-2-4-16(12)17(13)20/h1-4,7-11,19H,5-6H2,(H2,18,21,22)/b13-11-. The van der Waals surface area contributed by atoms with Crippen LogP contribution < -0.4 is 10.5 Å². The Hall–Kier alpha value is -2.44. The Morgan fingerprint density at radius 3 is 2.39 bits per heavy atom. The van der Waals surface area contributed by atoms with Crippen molar-refractivity contribution in [2.45, 2.75) is 17.7 Å². The average molecular weight is 328 g/mol. The number of primary sulfonamides is 1. The van der Waals surface area contributed by atoms with Gasteiger partial charge in [0.1, 0.15) is 0 Å². The van der Waals surface area contributed by atoms with Gasteiger partial charge in [-0.15, -0.1) is 0 Å². The van der Waals surface area contributed by atoms with Crippen LogP contribution in [0.2, 0.25) is 0 Å². The Kier molecular flexibility index (Phi) is 4.02. The van der Waals surface area contributed by atoms with E-state index in [1.54, 1.807) is 18.3 Å². The zero-order valence-corrected chi connectivity index (χ0v) is 13.1. The number of carbonyl (C=O) groups excluding carboxylic acids is 1. The molecule has 6 heteroatoms. The number of carbonyl (C=O) groups is 1. The molecule has 0 saturated carbocycles. The molecule has 0 fully saturated rings. The van der Waals surface area contributed by atoms with Crippen molar-refractivity contribution in [1.82, 2.24) is 0 Å². The molecule has 3 rings (SSSR count). The van der Waals surface area contributed by atoms with Gasteiger partial charge in [-0.1, -0.05) is 24.3 Å². The first-order valence-corrected chi connectivity index (χ1v) is 8.71. The van der Waals surface area contributed by atoms with Gasteiger partial charge in [-0.25, -0.2) is 13.6 Å². The Morgan fingerprint density at radius 2 is 1.70 bits per heavy atom. The molecule has 118 valence electrons. The average Bonchev–Trinajstić information content (AvgIpc) is 2.54. The van der Waals surface area contributed by atoms with E-state index in [-0.39, 0.29) is 10.7 Å². The zero-order chi connectivity index (χ0) is 16.4. The predicted molar refractivity (Wildman–Crippen MR) is 88.6 cm³/mol. The molecule has 1 aliphatic rings. The summed E-state index contributed by atoms with van der Waals surface area (Å²) in [4.78, 5) is 12.5. The highest BCUT2D eigenvalue weighted by Crippen LogP contribution is 2.25. The molecule has 3 N–H and O–H groups in total. The SMILES string of the molecule is NS(=O)(=O)c1ccc(N/C=C2/CCc3ccccc3C2=O)cc1. The first-order chi connectivity index (χ1) is 10.9. The van der Waals surface area contributed by atoms with Gasteiger partial charge < -0.3 is 5.32 Å². The third kappa shape index (κ3) is 3.33. The highest BCUT2D eigenvalue weighted by molar-refractivity contribution is 7.89. The van der Waals surface area contributed by atoms with Gasteiger partial charge in [0, 0.05) is 23.0 Å². The summed E-state index contributed by atoms with van der Waals surface area (Å²) in [6.07, 6.45) is 3.20. The third-order valence-electron chi connectivity index (χ3n) is 3.81. The molecule has 2 aromatic rings. The maximum absolute atomic E-state index is 12.4. The molecule has 0 unspecified atom stereocenters. The smallest absolute Gasteiger partial charge is 0.238 e. The van der Waals surface area contributed by atoms with Crippen molar-refractivity contribution in [2.24, 2.45) is 5.14 Å². The molecule has 5 nitrogen and oxygen atoms in total. The number of hydrogen-bond donors (Lipinski definition) is 2. The van der Waals surface area contributed by atoms with E-state index in [2.05, 4.69) is 5.32 Å². The summed E-state index contributed by atoms with van der Waals surface area (Å²) in [5, 5.41) is 8.09. The second-order valence-electron chi connectivity index (χ2n) is 5.37. The van der Waals surface area contributed by atoms with Crippen molar-refractivity contribution in [3.05, 3.63) is 71.4 Å². The van der Waals surface area contributed by atoms with Gasteiger partial charge in [0.15, 0.2) is 5.78 Å². The fraction of sp³-hybridized carbons (Fsp3) is 0.118. The number of aryl methyl sites for hydroxylation is 1. The summed E-state index contributed by atoms with van der Waals surface area (Å²) in [7, 11) is -3.69. The molecule has 0 radical (unpaired) electrons. The Balaban J connectivity index is 1.78. The van der Waals surface area contributed by atoms with Crippen molar-refractivity contribution in [2.75, 3.05) is 5.32 Å². The number of fused-ring (bicyclic) bond motifs is 1. The molecule has 0 spiro atoms. The van der Waals surface area contributed by atoms with Crippen LogP contribution in [0.15, 0.2) is 65.2 Å². The van der Waals surface area contributed by atoms with E-state index >= 15 is 0 Å². The minimum absolute atomic E-state index is 0.0282. The summed E-state index contributed by atoms with van der Waals surface area (Å²) < 4.78 is 22.4. The summed E-state index contributed by atoms with van der Waals surface area (Å²) in [6, 6.07) is 13.7. The number of hydrogen-bond acceptors (Lipinski definition) is 4. The number of benzene rings is 2. The first-order valence-electron chi connectivity index (χ1n) is 7.16. The van der Waals surface area contributed by atoms with Crippen molar-refractivity contribution in [3.63, 3.8) is 0 Å². The maximum Gasteiger partial charge on any atom is 0.238 e. The lowest BCUT2D eigenvalue weighted by Crippen LogP contribution is -2.15. The number of Topliss-reactive ketones (excluding diaryl/α,β-unsaturated/α-hetero) is 1. The molecule has 0 atom stereocenters. The second kappa shape index (κ2) is 5.98. The van der Waals surface area contributed by atoms with Crippen LogP contribution >= 0.6 is 0 Å². The lowest BCUT2D eigenvalue weighted by Gasteiger charge is -2.17. The molecule has 0 saturated heterocycles. The van der Waals surface area contributed by atoms with E-state index in [1.807, 2.05) is 24.3 Å². The number of nitrogens with two attached hydrogens (primary N) is 1. The van der Waals surface area contributed by atoms with E-state index in [4.69, 9.17) is 5.14 Å². The number of sulfonamides is 1. The van der Waals surface area contributed by atoms with Gasteiger partial charge in [-0.2, -0.15) is 0 Å². The molecule has 2 aromatic carbocycles. The van der Waals surface area contributed by atoms with Crippen LogP contribution in [0.1, 0.15) is 22.3 Å². The minimum atomic E-state index is -3.69.